The van der Waals surface area contributed by atoms with Crippen molar-refractivity contribution in [3.8, 4) is 5.75 Å². The van der Waals surface area contributed by atoms with Crippen LogP contribution in [0.1, 0.15) is 5.56 Å². The van der Waals surface area contributed by atoms with Crippen molar-refractivity contribution < 1.29 is 17.9 Å². The summed E-state index contributed by atoms with van der Waals surface area (Å²) in [6, 6.07) is 3.79. The first kappa shape index (κ1) is 11.8. The van der Waals surface area contributed by atoms with E-state index in [-0.39, 0.29) is 16.3 Å². The number of rotatable bonds is 4. The van der Waals surface area contributed by atoms with Crippen molar-refractivity contribution in [1.29, 1.82) is 0 Å². The fourth-order valence-electron chi connectivity index (χ4n) is 1.02. The Balaban J connectivity index is 2.96. The maximum absolute atomic E-state index is 13.2. The highest BCUT2D eigenvalue weighted by Crippen LogP contribution is 2.21. The zero-order valence-corrected chi connectivity index (χ0v) is 8.36. The molecule has 0 bridgehead atoms. The number of thiocarbonyl (C=S) groups is 1. The average Bonchev–Trinajstić information content (AvgIpc) is 2.13. The van der Waals surface area contributed by atoms with E-state index in [0.717, 1.165) is 6.07 Å². The quantitative estimate of drug-likeness (QED) is 0.812. The van der Waals surface area contributed by atoms with Gasteiger partial charge in [0.1, 0.15) is 23.2 Å². The Morgan fingerprint density at radius 1 is 1.47 bits per heavy atom. The van der Waals surface area contributed by atoms with Crippen molar-refractivity contribution in [2.45, 2.75) is 6.43 Å². The Morgan fingerprint density at radius 3 is 2.67 bits per heavy atom. The summed E-state index contributed by atoms with van der Waals surface area (Å²) in [4.78, 5) is -0.225. The van der Waals surface area contributed by atoms with Crippen molar-refractivity contribution in [2.24, 2.45) is 5.73 Å². The predicted molar refractivity (Wildman–Crippen MR) is 53.8 cm³/mol. The normalized spacial score (nSPS) is 10.4. The molecule has 1 aromatic carbocycles. The molecule has 0 radical (unpaired) electrons. The molecule has 2 N–H and O–H groups in total. The van der Waals surface area contributed by atoms with Gasteiger partial charge in [-0.2, -0.15) is 0 Å². The minimum Gasteiger partial charge on any atom is -0.487 e. The van der Waals surface area contributed by atoms with Crippen molar-refractivity contribution >= 4 is 17.2 Å². The second-order valence-electron chi connectivity index (χ2n) is 2.68. The number of halogens is 3. The third-order valence-corrected chi connectivity index (χ3v) is 1.79. The van der Waals surface area contributed by atoms with Crippen molar-refractivity contribution in [1.82, 2.24) is 0 Å². The number of ether oxygens (including phenoxy) is 1. The molecule has 0 saturated carbocycles. The van der Waals surface area contributed by atoms with Gasteiger partial charge in [0.15, 0.2) is 0 Å². The van der Waals surface area contributed by atoms with Crippen LogP contribution in [0.15, 0.2) is 18.2 Å². The molecule has 82 valence electrons. The minimum atomic E-state index is -2.63. The minimum absolute atomic E-state index is 0.0669. The third kappa shape index (κ3) is 3.09. The summed E-state index contributed by atoms with van der Waals surface area (Å²) in [6.07, 6.45) is -2.63. The summed E-state index contributed by atoms with van der Waals surface area (Å²) in [5.74, 6) is -0.753. The van der Waals surface area contributed by atoms with Crippen LogP contribution >= 0.6 is 12.2 Å². The molecule has 15 heavy (non-hydrogen) atoms. The Kier molecular flexibility index (Phi) is 3.90. The Labute approximate surface area is 89.8 Å². The molecule has 0 amide bonds. The van der Waals surface area contributed by atoms with Crippen LogP contribution in [0.4, 0.5) is 13.2 Å². The first-order valence-electron chi connectivity index (χ1n) is 4.01. The number of nitrogens with two attached hydrogens (primary N) is 1. The first-order chi connectivity index (χ1) is 7.02. The Morgan fingerprint density at radius 2 is 2.13 bits per heavy atom. The molecular formula is C9H8F3NOS. The summed E-state index contributed by atoms with van der Waals surface area (Å²) in [7, 11) is 0. The highest BCUT2D eigenvalue weighted by molar-refractivity contribution is 7.80. The standard InChI is InChI=1S/C9H8F3NOS/c10-5-2-1-3-6(8(5)9(13)15)14-4-7(11)12/h1-3,7H,4H2,(H2,13,15). The molecule has 0 heterocycles. The van der Waals surface area contributed by atoms with Crippen LogP contribution in [-0.2, 0) is 0 Å². The zero-order chi connectivity index (χ0) is 11.4. The molecule has 0 aliphatic rings. The highest BCUT2D eigenvalue weighted by atomic mass is 32.1. The molecular weight excluding hydrogens is 227 g/mol. The van der Waals surface area contributed by atoms with E-state index in [1.807, 2.05) is 0 Å². The zero-order valence-electron chi connectivity index (χ0n) is 7.54. The van der Waals surface area contributed by atoms with Gasteiger partial charge >= 0.3 is 0 Å². The fraction of sp³-hybridized carbons (Fsp3) is 0.222. The van der Waals surface area contributed by atoms with Gasteiger partial charge in [-0.05, 0) is 12.1 Å². The van der Waals surface area contributed by atoms with Gasteiger partial charge in [0.05, 0.1) is 5.56 Å². The van der Waals surface area contributed by atoms with E-state index in [1.54, 1.807) is 0 Å². The van der Waals surface area contributed by atoms with Gasteiger partial charge in [0.2, 0.25) is 0 Å². The SMILES string of the molecule is NC(=S)c1c(F)cccc1OCC(F)F. The van der Waals surface area contributed by atoms with Crippen molar-refractivity contribution in [3.05, 3.63) is 29.6 Å². The van der Waals surface area contributed by atoms with Crippen LogP contribution in [0.5, 0.6) is 5.75 Å². The molecule has 6 heteroatoms. The monoisotopic (exact) mass is 235 g/mol. The van der Waals surface area contributed by atoms with Crippen molar-refractivity contribution in [2.75, 3.05) is 6.61 Å². The van der Waals surface area contributed by atoms with E-state index in [4.69, 9.17) is 5.73 Å². The van der Waals surface area contributed by atoms with E-state index in [0.29, 0.717) is 0 Å². The fourth-order valence-corrected chi connectivity index (χ4v) is 1.21. The van der Waals surface area contributed by atoms with E-state index in [9.17, 15) is 13.2 Å². The Bertz CT molecular complexity index is 370. The predicted octanol–water partition coefficient (Wildman–Crippen LogP) is 2.10. The molecule has 2 nitrogen and oxygen atoms in total. The summed E-state index contributed by atoms with van der Waals surface area (Å²) in [5, 5.41) is 0. The van der Waals surface area contributed by atoms with Crippen LogP contribution in [0.2, 0.25) is 0 Å². The molecule has 0 aromatic heterocycles. The van der Waals surface area contributed by atoms with Crippen LogP contribution in [-0.4, -0.2) is 18.0 Å². The molecule has 0 fully saturated rings. The topological polar surface area (TPSA) is 35.2 Å². The molecule has 0 spiro atoms. The lowest BCUT2D eigenvalue weighted by Gasteiger charge is -2.10. The van der Waals surface area contributed by atoms with Gasteiger partial charge < -0.3 is 10.5 Å². The van der Waals surface area contributed by atoms with Crippen LogP contribution < -0.4 is 10.5 Å². The van der Waals surface area contributed by atoms with Gasteiger partial charge in [-0.1, -0.05) is 18.3 Å². The number of alkyl halides is 2. The Hall–Kier alpha value is -1.30. The third-order valence-electron chi connectivity index (χ3n) is 1.59. The summed E-state index contributed by atoms with van der Waals surface area (Å²) < 4.78 is 41.6. The number of benzene rings is 1. The van der Waals surface area contributed by atoms with Crippen LogP contribution in [0.3, 0.4) is 0 Å². The van der Waals surface area contributed by atoms with Gasteiger partial charge in [0.25, 0.3) is 6.43 Å². The lowest BCUT2D eigenvalue weighted by Crippen LogP contribution is -2.16. The average molecular weight is 235 g/mol. The van der Waals surface area contributed by atoms with Crippen LogP contribution in [0.25, 0.3) is 0 Å². The lowest BCUT2D eigenvalue weighted by atomic mass is 10.2. The van der Waals surface area contributed by atoms with E-state index < -0.39 is 18.8 Å². The molecule has 0 atom stereocenters. The molecule has 0 aliphatic heterocycles. The maximum Gasteiger partial charge on any atom is 0.272 e. The van der Waals surface area contributed by atoms with E-state index >= 15 is 0 Å². The highest BCUT2D eigenvalue weighted by Gasteiger charge is 2.13. The van der Waals surface area contributed by atoms with E-state index in [2.05, 4.69) is 17.0 Å². The first-order valence-corrected chi connectivity index (χ1v) is 4.42. The second-order valence-corrected chi connectivity index (χ2v) is 3.12. The van der Waals surface area contributed by atoms with Gasteiger partial charge in [-0.3, -0.25) is 0 Å². The summed E-state index contributed by atoms with van der Waals surface area (Å²) in [6.45, 7) is -0.820. The molecule has 1 aromatic rings. The molecule has 1 rings (SSSR count). The van der Waals surface area contributed by atoms with Crippen molar-refractivity contribution in [3.63, 3.8) is 0 Å². The number of hydrogen-bond donors (Lipinski definition) is 1. The summed E-state index contributed by atoms with van der Waals surface area (Å²) in [5.41, 5.74) is 5.10. The maximum atomic E-state index is 13.2. The van der Waals surface area contributed by atoms with Gasteiger partial charge in [-0.15, -0.1) is 0 Å². The number of hydrogen-bond acceptors (Lipinski definition) is 2. The molecule has 0 aliphatic carbocycles. The van der Waals surface area contributed by atoms with E-state index in [1.165, 1.54) is 12.1 Å². The second kappa shape index (κ2) is 4.97. The van der Waals surface area contributed by atoms with Gasteiger partial charge in [-0.25, -0.2) is 13.2 Å². The smallest absolute Gasteiger partial charge is 0.272 e. The molecule has 0 saturated heterocycles. The van der Waals surface area contributed by atoms with Crippen LogP contribution in [0, 0.1) is 5.82 Å². The largest absolute Gasteiger partial charge is 0.487 e. The summed E-state index contributed by atoms with van der Waals surface area (Å²) >= 11 is 4.59. The van der Waals surface area contributed by atoms with Gasteiger partial charge in [0, 0.05) is 0 Å². The lowest BCUT2D eigenvalue weighted by molar-refractivity contribution is 0.0816. The molecule has 0 unspecified atom stereocenters.